The van der Waals surface area contributed by atoms with E-state index in [1.807, 2.05) is 0 Å². The number of methoxy groups -OCH3 is 1. The van der Waals surface area contributed by atoms with E-state index in [-0.39, 0.29) is 4.21 Å². The van der Waals surface area contributed by atoms with Crippen molar-refractivity contribution in [1.82, 2.24) is 9.36 Å². The maximum atomic E-state index is 12.7. The number of hydrogen-bond donors (Lipinski definition) is 0. The van der Waals surface area contributed by atoms with Crippen molar-refractivity contribution in [3.63, 3.8) is 0 Å². The quantitative estimate of drug-likeness (QED) is 0.862. The van der Waals surface area contributed by atoms with E-state index in [2.05, 4.69) is 9.36 Å². The van der Waals surface area contributed by atoms with Crippen LogP contribution < -0.4 is 9.04 Å². The highest BCUT2D eigenvalue weighted by atomic mass is 32.2. The van der Waals surface area contributed by atoms with Crippen LogP contribution in [-0.2, 0) is 16.4 Å². The number of hydrogen-bond acceptors (Lipinski definition) is 6. The van der Waals surface area contributed by atoms with Gasteiger partial charge in [-0.1, -0.05) is 0 Å². The van der Waals surface area contributed by atoms with Gasteiger partial charge < -0.3 is 4.74 Å². The first kappa shape index (κ1) is 13.3. The minimum atomic E-state index is -3.60. The number of ether oxygens (including phenoxy) is 1. The van der Waals surface area contributed by atoms with Crippen LogP contribution in [0.25, 0.3) is 0 Å². The van der Waals surface area contributed by atoms with Gasteiger partial charge in [0.25, 0.3) is 10.0 Å². The Kier molecular flexibility index (Phi) is 3.35. The van der Waals surface area contributed by atoms with E-state index in [9.17, 15) is 8.42 Å². The number of rotatable bonds is 3. The maximum absolute atomic E-state index is 12.7. The van der Waals surface area contributed by atoms with Crippen LogP contribution in [-0.4, -0.2) is 31.4 Å². The third-order valence-corrected chi connectivity index (χ3v) is 6.14. The van der Waals surface area contributed by atoms with Crippen molar-refractivity contribution in [3.05, 3.63) is 30.1 Å². The molecule has 0 unspecified atom stereocenters. The van der Waals surface area contributed by atoms with Crippen LogP contribution >= 0.6 is 11.5 Å². The molecular weight excluding hydrogens is 298 g/mol. The molecule has 0 saturated heterocycles. The molecular formula is C12H13N3O3S2. The number of aromatic nitrogens is 2. The average Bonchev–Trinajstić information content (AvgIpc) is 2.96. The smallest absolute Gasteiger partial charge is 0.275 e. The lowest BCUT2D eigenvalue weighted by atomic mass is 10.1. The SMILES string of the molecule is COc1cc(S(=O)(=O)N2CCCc3ncccc32)sn1. The summed E-state index contributed by atoms with van der Waals surface area (Å²) in [6.07, 6.45) is 3.25. The van der Waals surface area contributed by atoms with Crippen molar-refractivity contribution >= 4 is 27.2 Å². The molecule has 0 spiro atoms. The molecule has 0 N–H and O–H groups in total. The highest BCUT2D eigenvalue weighted by molar-refractivity contribution is 7.94. The molecule has 0 bridgehead atoms. The largest absolute Gasteiger partial charge is 0.480 e. The maximum Gasteiger partial charge on any atom is 0.275 e. The highest BCUT2D eigenvalue weighted by Gasteiger charge is 2.31. The van der Waals surface area contributed by atoms with Gasteiger partial charge in [0, 0.05) is 18.8 Å². The molecule has 6 nitrogen and oxygen atoms in total. The Balaban J connectivity index is 2.04. The van der Waals surface area contributed by atoms with Crippen molar-refractivity contribution in [2.24, 2.45) is 0 Å². The van der Waals surface area contributed by atoms with Gasteiger partial charge in [0.15, 0.2) is 4.21 Å². The molecule has 8 heteroatoms. The van der Waals surface area contributed by atoms with Crippen LogP contribution in [0.1, 0.15) is 12.1 Å². The second-order valence-corrected chi connectivity index (χ2v) is 7.23. The fraction of sp³-hybridized carbons (Fsp3) is 0.333. The summed E-state index contributed by atoms with van der Waals surface area (Å²) in [5, 5.41) is 0. The zero-order chi connectivity index (χ0) is 14.2. The summed E-state index contributed by atoms with van der Waals surface area (Å²) in [7, 11) is -2.13. The molecule has 1 aliphatic heterocycles. The number of pyridine rings is 1. The van der Waals surface area contributed by atoms with Crippen molar-refractivity contribution in [1.29, 1.82) is 0 Å². The van der Waals surface area contributed by atoms with Crippen LogP contribution in [0, 0.1) is 0 Å². The second-order valence-electron chi connectivity index (χ2n) is 4.34. The number of sulfonamides is 1. The summed E-state index contributed by atoms with van der Waals surface area (Å²) >= 11 is 0.924. The van der Waals surface area contributed by atoms with Gasteiger partial charge in [0.1, 0.15) is 0 Å². The highest BCUT2D eigenvalue weighted by Crippen LogP contribution is 2.32. The topological polar surface area (TPSA) is 72.4 Å². The molecule has 20 heavy (non-hydrogen) atoms. The summed E-state index contributed by atoms with van der Waals surface area (Å²) in [4.78, 5) is 4.26. The zero-order valence-corrected chi connectivity index (χ0v) is 12.4. The Morgan fingerprint density at radius 2 is 2.30 bits per heavy atom. The average molecular weight is 311 g/mol. The third kappa shape index (κ3) is 2.14. The van der Waals surface area contributed by atoms with Crippen LogP contribution in [0.4, 0.5) is 5.69 Å². The number of fused-ring (bicyclic) bond motifs is 1. The lowest BCUT2D eigenvalue weighted by Gasteiger charge is -2.28. The third-order valence-electron chi connectivity index (χ3n) is 3.13. The van der Waals surface area contributed by atoms with Crippen molar-refractivity contribution in [2.75, 3.05) is 18.0 Å². The molecule has 2 aromatic heterocycles. The molecule has 106 valence electrons. The van der Waals surface area contributed by atoms with Gasteiger partial charge in [-0.05, 0) is 36.5 Å². The Labute approximate surface area is 121 Å². The molecule has 3 heterocycles. The number of aryl methyl sites for hydroxylation is 1. The van der Waals surface area contributed by atoms with Crippen LogP contribution in [0.3, 0.4) is 0 Å². The van der Waals surface area contributed by atoms with E-state index in [1.54, 1.807) is 18.3 Å². The Hall–Kier alpha value is -1.67. The summed E-state index contributed by atoms with van der Waals surface area (Å²) in [6.45, 7) is 0.460. The fourth-order valence-corrected chi connectivity index (χ4v) is 4.66. The van der Waals surface area contributed by atoms with Gasteiger partial charge in [-0.25, -0.2) is 8.42 Å². The summed E-state index contributed by atoms with van der Waals surface area (Å²) in [5.41, 5.74) is 1.48. The van der Waals surface area contributed by atoms with E-state index < -0.39 is 10.0 Å². The van der Waals surface area contributed by atoms with E-state index in [0.29, 0.717) is 18.1 Å². The molecule has 0 amide bonds. The molecule has 2 aromatic rings. The Bertz CT molecular complexity index is 727. The molecule has 0 saturated carbocycles. The van der Waals surface area contributed by atoms with Crippen molar-refractivity contribution in [2.45, 2.75) is 17.1 Å². The molecule has 0 atom stereocenters. The standard InChI is InChI=1S/C12H13N3O3S2/c1-18-11-8-12(19-14-11)20(16,17)15-7-3-4-9-10(15)5-2-6-13-9/h2,5-6,8H,3-4,7H2,1H3. The van der Waals surface area contributed by atoms with Gasteiger partial charge in [0.2, 0.25) is 5.88 Å². The first-order chi connectivity index (χ1) is 9.63. The molecule has 0 aliphatic carbocycles. The van der Waals surface area contributed by atoms with Crippen molar-refractivity contribution < 1.29 is 13.2 Å². The lowest BCUT2D eigenvalue weighted by Crippen LogP contribution is -2.35. The minimum Gasteiger partial charge on any atom is -0.480 e. The van der Waals surface area contributed by atoms with E-state index >= 15 is 0 Å². The lowest BCUT2D eigenvalue weighted by molar-refractivity contribution is 0.402. The Morgan fingerprint density at radius 1 is 1.45 bits per heavy atom. The van der Waals surface area contributed by atoms with Crippen molar-refractivity contribution in [3.8, 4) is 5.88 Å². The number of nitrogens with zero attached hydrogens (tertiary/aromatic N) is 3. The molecule has 1 aliphatic rings. The summed E-state index contributed by atoms with van der Waals surface area (Å²) in [6, 6.07) is 4.99. The van der Waals surface area contributed by atoms with E-state index in [4.69, 9.17) is 4.74 Å². The Morgan fingerprint density at radius 3 is 3.05 bits per heavy atom. The first-order valence-electron chi connectivity index (χ1n) is 6.10. The van der Waals surface area contributed by atoms with Gasteiger partial charge in [-0.2, -0.15) is 4.37 Å². The minimum absolute atomic E-state index is 0.186. The van der Waals surface area contributed by atoms with Gasteiger partial charge in [-0.3, -0.25) is 9.29 Å². The molecule has 0 aromatic carbocycles. The zero-order valence-electron chi connectivity index (χ0n) is 10.8. The van der Waals surface area contributed by atoms with E-state index in [0.717, 1.165) is 30.1 Å². The monoisotopic (exact) mass is 311 g/mol. The first-order valence-corrected chi connectivity index (χ1v) is 8.31. The summed E-state index contributed by atoms with van der Waals surface area (Å²) in [5.74, 6) is 0.317. The van der Waals surface area contributed by atoms with Gasteiger partial charge in [-0.15, -0.1) is 0 Å². The predicted octanol–water partition coefficient (Wildman–Crippen LogP) is 1.69. The van der Waals surface area contributed by atoms with Crippen LogP contribution in [0.15, 0.2) is 28.6 Å². The molecule has 0 fully saturated rings. The summed E-state index contributed by atoms with van der Waals surface area (Å²) < 4.78 is 35.9. The predicted molar refractivity (Wildman–Crippen MR) is 75.8 cm³/mol. The van der Waals surface area contributed by atoms with Crippen LogP contribution in [0.5, 0.6) is 5.88 Å². The fourth-order valence-electron chi connectivity index (χ4n) is 2.18. The molecule has 0 radical (unpaired) electrons. The second kappa shape index (κ2) is 5.02. The number of anilines is 1. The van der Waals surface area contributed by atoms with E-state index in [1.165, 1.54) is 17.5 Å². The van der Waals surface area contributed by atoms with Crippen LogP contribution in [0.2, 0.25) is 0 Å². The van der Waals surface area contributed by atoms with Gasteiger partial charge in [0.05, 0.1) is 18.5 Å². The normalized spacial score (nSPS) is 14.9. The molecule has 3 rings (SSSR count). The van der Waals surface area contributed by atoms with Gasteiger partial charge >= 0.3 is 0 Å².